The van der Waals surface area contributed by atoms with E-state index in [9.17, 15) is 19.7 Å². The average molecular weight is 444 g/mol. The van der Waals surface area contributed by atoms with Crippen LogP contribution in [0.1, 0.15) is 21.5 Å². The molecule has 4 rings (SSSR count). The molecule has 0 aromatic heterocycles. The average Bonchev–Trinajstić information content (AvgIpc) is 2.99. The molecule has 1 aliphatic heterocycles. The maximum Gasteiger partial charge on any atom is 0.273 e. The number of rotatable bonds is 5. The summed E-state index contributed by atoms with van der Waals surface area (Å²) in [7, 11) is 2.77. The van der Waals surface area contributed by atoms with E-state index in [0.29, 0.717) is 11.4 Å². The minimum absolute atomic E-state index is 0.0330. The summed E-state index contributed by atoms with van der Waals surface area (Å²) in [6.45, 7) is 0. The molecule has 1 N–H and O–H groups in total. The second kappa shape index (κ2) is 8.91. The van der Waals surface area contributed by atoms with Crippen molar-refractivity contribution in [2.45, 2.75) is 6.17 Å². The lowest BCUT2D eigenvalue weighted by Gasteiger charge is -2.24. The highest BCUT2D eigenvalue weighted by molar-refractivity contribution is 6.20. The molecule has 1 unspecified atom stereocenters. The van der Waals surface area contributed by atoms with Crippen molar-refractivity contribution >= 4 is 28.9 Å². The van der Waals surface area contributed by atoms with Gasteiger partial charge < -0.3 is 15.0 Å². The van der Waals surface area contributed by atoms with Gasteiger partial charge in [-0.1, -0.05) is 48.5 Å². The van der Waals surface area contributed by atoms with Crippen LogP contribution in [0.2, 0.25) is 0 Å². The number of ether oxygens (including phenoxy) is 1. The van der Waals surface area contributed by atoms with Gasteiger partial charge in [-0.3, -0.25) is 19.7 Å². The first-order valence-electron chi connectivity index (χ1n) is 10.0. The Morgan fingerprint density at radius 3 is 2.48 bits per heavy atom. The Morgan fingerprint density at radius 1 is 1.09 bits per heavy atom. The Labute approximate surface area is 189 Å². The second-order valence-corrected chi connectivity index (χ2v) is 7.31. The number of aliphatic imine (C=N–C) groups is 1. The Bertz CT molecular complexity index is 1270. The number of carbonyl (C=O) groups is 2. The SMILES string of the molecule is COc1cc([N+](=O)[O-])ccc1C(=O)N(C)C1N=C(c2ccccc2)c2ccccc2NC1=O. The van der Waals surface area contributed by atoms with Crippen molar-refractivity contribution in [2.24, 2.45) is 4.99 Å². The molecule has 3 aromatic carbocycles. The molecule has 166 valence electrons. The lowest BCUT2D eigenvalue weighted by atomic mass is 10.0. The summed E-state index contributed by atoms with van der Waals surface area (Å²) in [5, 5.41) is 13.9. The summed E-state index contributed by atoms with van der Waals surface area (Å²) in [5.74, 6) is -1.01. The first kappa shape index (κ1) is 21.7. The number of methoxy groups -OCH3 is 1. The molecular weight excluding hydrogens is 424 g/mol. The zero-order valence-electron chi connectivity index (χ0n) is 17.9. The molecule has 9 nitrogen and oxygen atoms in total. The highest BCUT2D eigenvalue weighted by atomic mass is 16.6. The third kappa shape index (κ3) is 4.16. The molecule has 0 spiro atoms. The number of hydrogen-bond donors (Lipinski definition) is 1. The van der Waals surface area contributed by atoms with Crippen LogP contribution in [-0.2, 0) is 4.79 Å². The molecule has 0 bridgehead atoms. The van der Waals surface area contributed by atoms with E-state index in [2.05, 4.69) is 10.3 Å². The van der Waals surface area contributed by atoms with E-state index in [1.807, 2.05) is 42.5 Å². The van der Waals surface area contributed by atoms with Gasteiger partial charge in [-0.25, -0.2) is 4.99 Å². The van der Waals surface area contributed by atoms with Crippen molar-refractivity contribution in [1.82, 2.24) is 4.90 Å². The first-order valence-corrected chi connectivity index (χ1v) is 10.0. The van der Waals surface area contributed by atoms with Crippen molar-refractivity contribution in [2.75, 3.05) is 19.5 Å². The third-order valence-electron chi connectivity index (χ3n) is 5.29. The molecule has 1 atom stereocenters. The van der Waals surface area contributed by atoms with Gasteiger partial charge >= 0.3 is 0 Å². The number of nitro benzene ring substituents is 1. The lowest BCUT2D eigenvalue weighted by molar-refractivity contribution is -0.384. The molecule has 9 heteroatoms. The number of likely N-dealkylation sites (N-methyl/N-ethyl adjacent to an activating group) is 1. The number of fused-ring (bicyclic) bond motifs is 1. The third-order valence-corrected chi connectivity index (χ3v) is 5.29. The number of nitro groups is 1. The molecule has 1 aliphatic rings. The molecule has 0 radical (unpaired) electrons. The Balaban J connectivity index is 1.77. The maximum atomic E-state index is 13.3. The predicted octanol–water partition coefficient (Wildman–Crippen LogP) is 3.49. The van der Waals surface area contributed by atoms with Crippen molar-refractivity contribution < 1.29 is 19.2 Å². The smallest absolute Gasteiger partial charge is 0.273 e. The first-order chi connectivity index (χ1) is 15.9. The topological polar surface area (TPSA) is 114 Å². The number of para-hydroxylation sites is 1. The van der Waals surface area contributed by atoms with E-state index in [4.69, 9.17) is 4.74 Å². The van der Waals surface area contributed by atoms with Crippen molar-refractivity contribution in [3.63, 3.8) is 0 Å². The van der Waals surface area contributed by atoms with Crippen LogP contribution < -0.4 is 10.1 Å². The van der Waals surface area contributed by atoms with Crippen LogP contribution in [0.25, 0.3) is 0 Å². The van der Waals surface area contributed by atoms with Crippen LogP contribution in [0.3, 0.4) is 0 Å². The van der Waals surface area contributed by atoms with E-state index in [-0.39, 0.29) is 17.0 Å². The molecule has 2 amide bonds. The lowest BCUT2D eigenvalue weighted by Crippen LogP contribution is -2.43. The van der Waals surface area contributed by atoms with Gasteiger partial charge in [-0.15, -0.1) is 0 Å². The number of nitrogens with one attached hydrogen (secondary N) is 1. The van der Waals surface area contributed by atoms with Crippen LogP contribution in [0.5, 0.6) is 5.75 Å². The zero-order valence-corrected chi connectivity index (χ0v) is 17.9. The number of hydrogen-bond acceptors (Lipinski definition) is 6. The molecule has 3 aromatic rings. The molecule has 0 saturated carbocycles. The summed E-state index contributed by atoms with van der Waals surface area (Å²) in [4.78, 5) is 42.8. The largest absolute Gasteiger partial charge is 0.496 e. The molecule has 0 aliphatic carbocycles. The standard InChI is InChI=1S/C24H20N4O5/c1-27(24(30)18-13-12-16(28(31)32)14-20(18)33-2)22-23(29)25-19-11-7-6-10-17(19)21(26-22)15-8-4-3-5-9-15/h3-14,22H,1-2H3,(H,25,29). The molecule has 1 heterocycles. The van der Waals surface area contributed by atoms with Gasteiger partial charge in [-0.2, -0.15) is 0 Å². The van der Waals surface area contributed by atoms with Gasteiger partial charge in [-0.05, 0) is 12.1 Å². The minimum atomic E-state index is -1.18. The Kier molecular flexibility index (Phi) is 5.86. The fourth-order valence-corrected chi connectivity index (χ4v) is 3.61. The number of amides is 2. The summed E-state index contributed by atoms with van der Waals surface area (Å²) in [6.07, 6.45) is -1.18. The van der Waals surface area contributed by atoms with Crippen molar-refractivity contribution in [3.8, 4) is 5.75 Å². The fourth-order valence-electron chi connectivity index (χ4n) is 3.61. The van der Waals surface area contributed by atoms with E-state index < -0.39 is 22.9 Å². The number of nitrogens with zero attached hydrogens (tertiary/aromatic N) is 3. The molecular formula is C24H20N4O5. The number of benzodiazepines with no additional fused rings is 1. The van der Waals surface area contributed by atoms with E-state index in [1.165, 1.54) is 37.3 Å². The molecule has 0 fully saturated rings. The summed E-state index contributed by atoms with van der Waals surface area (Å²) >= 11 is 0. The van der Waals surface area contributed by atoms with Gasteiger partial charge in [0.2, 0.25) is 6.17 Å². The van der Waals surface area contributed by atoms with Crippen LogP contribution in [0, 0.1) is 10.1 Å². The number of benzene rings is 3. The summed E-state index contributed by atoms with van der Waals surface area (Å²) < 4.78 is 5.20. The highest BCUT2D eigenvalue weighted by Gasteiger charge is 2.33. The number of anilines is 1. The van der Waals surface area contributed by atoms with Gasteiger partial charge in [0, 0.05) is 24.2 Å². The number of carbonyl (C=O) groups excluding carboxylic acids is 2. The Morgan fingerprint density at radius 2 is 1.79 bits per heavy atom. The number of non-ortho nitro benzene ring substituents is 1. The second-order valence-electron chi connectivity index (χ2n) is 7.31. The van der Waals surface area contributed by atoms with E-state index in [1.54, 1.807) is 12.1 Å². The monoisotopic (exact) mass is 444 g/mol. The van der Waals surface area contributed by atoms with Crippen LogP contribution in [0.15, 0.2) is 77.8 Å². The maximum absolute atomic E-state index is 13.3. The normalized spacial score (nSPS) is 14.9. The van der Waals surface area contributed by atoms with Gasteiger partial charge in [0.15, 0.2) is 0 Å². The quantitative estimate of drug-likeness (QED) is 0.478. The van der Waals surface area contributed by atoms with E-state index in [0.717, 1.165) is 11.1 Å². The van der Waals surface area contributed by atoms with E-state index >= 15 is 0 Å². The zero-order chi connectivity index (χ0) is 23.5. The predicted molar refractivity (Wildman–Crippen MR) is 123 cm³/mol. The Hall–Kier alpha value is -4.53. The van der Waals surface area contributed by atoms with Crippen LogP contribution in [0.4, 0.5) is 11.4 Å². The van der Waals surface area contributed by atoms with Gasteiger partial charge in [0.1, 0.15) is 5.75 Å². The van der Waals surface area contributed by atoms with Crippen molar-refractivity contribution in [3.05, 3.63) is 99.6 Å². The van der Waals surface area contributed by atoms with Crippen LogP contribution >= 0.6 is 0 Å². The van der Waals surface area contributed by atoms with Gasteiger partial charge in [0.25, 0.3) is 17.5 Å². The van der Waals surface area contributed by atoms with Gasteiger partial charge in [0.05, 0.1) is 35.1 Å². The molecule has 33 heavy (non-hydrogen) atoms. The summed E-state index contributed by atoms with van der Waals surface area (Å²) in [5.41, 5.74) is 2.54. The fraction of sp³-hybridized carbons (Fsp3) is 0.125. The van der Waals surface area contributed by atoms with Crippen molar-refractivity contribution in [1.29, 1.82) is 0 Å². The minimum Gasteiger partial charge on any atom is -0.496 e. The summed E-state index contributed by atoms with van der Waals surface area (Å²) in [6, 6.07) is 20.3. The molecule has 0 saturated heterocycles. The van der Waals surface area contributed by atoms with Crippen LogP contribution in [-0.4, -0.2) is 47.7 Å². The highest BCUT2D eigenvalue weighted by Crippen LogP contribution is 2.28.